The second-order valence-electron chi connectivity index (χ2n) is 3.39. The smallest absolute Gasteiger partial charge is 0.222 e. The fourth-order valence-electron chi connectivity index (χ4n) is 1.60. The molecule has 0 atom stereocenters. The molecule has 1 aromatic carbocycles. The zero-order chi connectivity index (χ0) is 11.0. The second-order valence-corrected chi connectivity index (χ2v) is 3.39. The number of nitrogens with zero attached hydrogens (tertiary/aromatic N) is 4. The SMILES string of the molecule is Nc1ncc2ncn(-c3ccccc3)c2n1. The molecule has 0 spiro atoms. The monoisotopic (exact) mass is 211 g/mol. The van der Waals surface area contributed by atoms with Gasteiger partial charge in [-0.15, -0.1) is 0 Å². The van der Waals surface area contributed by atoms with Crippen molar-refractivity contribution >= 4 is 17.1 Å². The third-order valence-electron chi connectivity index (χ3n) is 2.34. The van der Waals surface area contributed by atoms with Crippen LogP contribution in [0.5, 0.6) is 0 Å². The minimum Gasteiger partial charge on any atom is -0.368 e. The summed E-state index contributed by atoms with van der Waals surface area (Å²) in [4.78, 5) is 12.3. The highest BCUT2D eigenvalue weighted by molar-refractivity contribution is 5.72. The Morgan fingerprint density at radius 1 is 1.06 bits per heavy atom. The van der Waals surface area contributed by atoms with Crippen LogP contribution >= 0.6 is 0 Å². The standard InChI is InChI=1S/C11H9N5/c12-11-13-6-9-10(15-11)16(7-14-9)8-4-2-1-3-5-8/h1-7H,(H2,12,13,15). The molecule has 2 N–H and O–H groups in total. The highest BCUT2D eigenvalue weighted by Gasteiger charge is 2.06. The third kappa shape index (κ3) is 1.30. The van der Waals surface area contributed by atoms with Crippen LogP contribution in [0, 0.1) is 0 Å². The quantitative estimate of drug-likeness (QED) is 0.660. The maximum absolute atomic E-state index is 5.57. The first-order valence-corrected chi connectivity index (χ1v) is 4.85. The van der Waals surface area contributed by atoms with Gasteiger partial charge in [-0.1, -0.05) is 18.2 Å². The molecule has 0 amide bonds. The van der Waals surface area contributed by atoms with Gasteiger partial charge in [0.2, 0.25) is 5.95 Å². The lowest BCUT2D eigenvalue weighted by atomic mass is 10.3. The number of rotatable bonds is 1. The summed E-state index contributed by atoms with van der Waals surface area (Å²) in [5.41, 5.74) is 8.02. The predicted octanol–water partition coefficient (Wildman–Crippen LogP) is 1.40. The maximum atomic E-state index is 5.57. The topological polar surface area (TPSA) is 69.6 Å². The molecular formula is C11H9N5. The average molecular weight is 211 g/mol. The molecule has 5 heteroatoms. The largest absolute Gasteiger partial charge is 0.368 e. The molecular weight excluding hydrogens is 202 g/mol. The van der Waals surface area contributed by atoms with E-state index in [1.54, 1.807) is 12.5 Å². The first kappa shape index (κ1) is 8.84. The Labute approximate surface area is 91.6 Å². The summed E-state index contributed by atoms with van der Waals surface area (Å²) >= 11 is 0. The first-order chi connectivity index (χ1) is 7.84. The number of nitrogen functional groups attached to an aromatic ring is 1. The Kier molecular flexibility index (Phi) is 1.83. The molecule has 0 bridgehead atoms. The maximum Gasteiger partial charge on any atom is 0.222 e. The fraction of sp³-hybridized carbons (Fsp3) is 0. The van der Waals surface area contributed by atoms with E-state index >= 15 is 0 Å². The number of hydrogen-bond acceptors (Lipinski definition) is 4. The van der Waals surface area contributed by atoms with Gasteiger partial charge in [-0.2, -0.15) is 4.98 Å². The summed E-state index contributed by atoms with van der Waals surface area (Å²) in [5, 5.41) is 0. The molecule has 0 saturated carbocycles. The van der Waals surface area contributed by atoms with Crippen LogP contribution in [0.2, 0.25) is 0 Å². The Balaban J connectivity index is 2.29. The summed E-state index contributed by atoms with van der Waals surface area (Å²) in [5.74, 6) is 0.255. The third-order valence-corrected chi connectivity index (χ3v) is 2.34. The van der Waals surface area contributed by atoms with E-state index in [9.17, 15) is 0 Å². The van der Waals surface area contributed by atoms with Crippen molar-refractivity contribution in [2.24, 2.45) is 0 Å². The Bertz CT molecular complexity index is 629. The molecule has 5 nitrogen and oxygen atoms in total. The number of para-hydroxylation sites is 1. The number of anilines is 1. The molecule has 0 fully saturated rings. The van der Waals surface area contributed by atoms with Crippen LogP contribution in [0.3, 0.4) is 0 Å². The summed E-state index contributed by atoms with van der Waals surface area (Å²) in [7, 11) is 0. The van der Waals surface area contributed by atoms with Crippen LogP contribution in [-0.4, -0.2) is 19.5 Å². The van der Waals surface area contributed by atoms with Gasteiger partial charge in [0.1, 0.15) is 11.8 Å². The Hall–Kier alpha value is -2.43. The van der Waals surface area contributed by atoms with E-state index in [1.165, 1.54) is 0 Å². The van der Waals surface area contributed by atoms with E-state index in [0.717, 1.165) is 16.9 Å². The van der Waals surface area contributed by atoms with Crippen molar-refractivity contribution < 1.29 is 0 Å². The van der Waals surface area contributed by atoms with E-state index in [2.05, 4.69) is 15.0 Å². The van der Waals surface area contributed by atoms with Gasteiger partial charge in [0, 0.05) is 5.69 Å². The molecule has 0 aliphatic rings. The van der Waals surface area contributed by atoms with Gasteiger partial charge in [0.15, 0.2) is 5.65 Å². The van der Waals surface area contributed by atoms with E-state index in [4.69, 9.17) is 5.73 Å². The van der Waals surface area contributed by atoms with Crippen molar-refractivity contribution in [2.75, 3.05) is 5.73 Å². The minimum atomic E-state index is 0.255. The van der Waals surface area contributed by atoms with Crippen LogP contribution in [-0.2, 0) is 0 Å². The molecule has 0 radical (unpaired) electrons. The molecule has 0 saturated heterocycles. The van der Waals surface area contributed by atoms with Crippen molar-refractivity contribution in [1.29, 1.82) is 0 Å². The number of aromatic nitrogens is 4. The number of imidazole rings is 1. The van der Waals surface area contributed by atoms with Crippen molar-refractivity contribution in [3.05, 3.63) is 42.9 Å². The van der Waals surface area contributed by atoms with E-state index in [1.807, 2.05) is 34.9 Å². The van der Waals surface area contributed by atoms with Crippen molar-refractivity contribution in [3.63, 3.8) is 0 Å². The summed E-state index contributed by atoms with van der Waals surface area (Å²) < 4.78 is 1.88. The van der Waals surface area contributed by atoms with Gasteiger partial charge in [-0.05, 0) is 12.1 Å². The molecule has 0 aliphatic heterocycles. The van der Waals surface area contributed by atoms with Crippen LogP contribution in [0.15, 0.2) is 42.9 Å². The minimum absolute atomic E-state index is 0.255. The molecule has 0 aliphatic carbocycles. The van der Waals surface area contributed by atoms with Crippen molar-refractivity contribution in [2.45, 2.75) is 0 Å². The number of nitrogens with two attached hydrogens (primary N) is 1. The van der Waals surface area contributed by atoms with Gasteiger partial charge >= 0.3 is 0 Å². The fourth-order valence-corrected chi connectivity index (χ4v) is 1.60. The molecule has 3 aromatic rings. The molecule has 78 valence electrons. The lowest BCUT2D eigenvalue weighted by Gasteiger charge is -2.02. The van der Waals surface area contributed by atoms with E-state index in [-0.39, 0.29) is 5.95 Å². The lowest BCUT2D eigenvalue weighted by molar-refractivity contribution is 1.06. The van der Waals surface area contributed by atoms with Crippen LogP contribution in [0.1, 0.15) is 0 Å². The summed E-state index contributed by atoms with van der Waals surface area (Å²) in [6, 6.07) is 9.86. The normalized spacial score (nSPS) is 10.8. The molecule has 3 rings (SSSR count). The molecule has 2 aromatic heterocycles. The second kappa shape index (κ2) is 3.30. The summed E-state index contributed by atoms with van der Waals surface area (Å²) in [6.07, 6.45) is 3.34. The van der Waals surface area contributed by atoms with E-state index < -0.39 is 0 Å². The predicted molar refractivity (Wildman–Crippen MR) is 61.1 cm³/mol. The van der Waals surface area contributed by atoms with Crippen molar-refractivity contribution in [3.8, 4) is 5.69 Å². The molecule has 2 heterocycles. The van der Waals surface area contributed by atoms with Gasteiger partial charge in [0.05, 0.1) is 6.20 Å². The van der Waals surface area contributed by atoms with Crippen LogP contribution in [0.4, 0.5) is 5.95 Å². The number of fused-ring (bicyclic) bond motifs is 1. The van der Waals surface area contributed by atoms with Crippen LogP contribution in [0.25, 0.3) is 16.9 Å². The van der Waals surface area contributed by atoms with Gasteiger partial charge in [-0.3, -0.25) is 4.57 Å². The average Bonchev–Trinajstić information content (AvgIpc) is 2.73. The zero-order valence-corrected chi connectivity index (χ0v) is 8.41. The van der Waals surface area contributed by atoms with Gasteiger partial charge in [0.25, 0.3) is 0 Å². The van der Waals surface area contributed by atoms with Crippen molar-refractivity contribution in [1.82, 2.24) is 19.5 Å². The van der Waals surface area contributed by atoms with E-state index in [0.29, 0.717) is 0 Å². The number of hydrogen-bond donors (Lipinski definition) is 1. The number of benzene rings is 1. The van der Waals surface area contributed by atoms with Crippen LogP contribution < -0.4 is 5.73 Å². The highest BCUT2D eigenvalue weighted by Crippen LogP contribution is 2.15. The van der Waals surface area contributed by atoms with Gasteiger partial charge < -0.3 is 5.73 Å². The highest BCUT2D eigenvalue weighted by atomic mass is 15.1. The summed E-state index contributed by atoms with van der Waals surface area (Å²) in [6.45, 7) is 0. The Morgan fingerprint density at radius 3 is 2.69 bits per heavy atom. The molecule has 0 unspecified atom stereocenters. The Morgan fingerprint density at radius 2 is 1.88 bits per heavy atom. The zero-order valence-electron chi connectivity index (χ0n) is 8.41. The molecule has 16 heavy (non-hydrogen) atoms. The van der Waals surface area contributed by atoms with Gasteiger partial charge in [-0.25, -0.2) is 9.97 Å². The lowest BCUT2D eigenvalue weighted by Crippen LogP contribution is -1.98. The first-order valence-electron chi connectivity index (χ1n) is 4.85.